The van der Waals surface area contributed by atoms with E-state index in [0.29, 0.717) is 0 Å². The minimum atomic E-state index is -4.35. The van der Waals surface area contributed by atoms with Crippen molar-refractivity contribution >= 4 is 5.69 Å². The van der Waals surface area contributed by atoms with Gasteiger partial charge in [-0.15, -0.1) is 0 Å². The lowest BCUT2D eigenvalue weighted by Crippen LogP contribution is -2.04. The van der Waals surface area contributed by atoms with Gasteiger partial charge in [-0.1, -0.05) is 6.07 Å². The first-order valence-corrected chi connectivity index (χ1v) is 4.02. The number of hydrogen-bond acceptors (Lipinski definition) is 2. The van der Waals surface area contributed by atoms with Gasteiger partial charge in [-0.2, -0.15) is 18.4 Å². The monoisotopic (exact) mass is 212 g/mol. The summed E-state index contributed by atoms with van der Waals surface area (Å²) in [5.74, 6) is 0. The van der Waals surface area contributed by atoms with Crippen molar-refractivity contribution in [1.82, 2.24) is 0 Å². The first kappa shape index (κ1) is 11.1. The van der Waals surface area contributed by atoms with E-state index < -0.39 is 11.7 Å². The van der Waals surface area contributed by atoms with E-state index in [4.69, 9.17) is 5.26 Å². The van der Waals surface area contributed by atoms with Gasteiger partial charge in [-0.25, -0.2) is 0 Å². The van der Waals surface area contributed by atoms with Gasteiger partial charge in [-0.3, -0.25) is 0 Å². The smallest absolute Gasteiger partial charge is 0.361 e. The third kappa shape index (κ3) is 3.35. The van der Waals surface area contributed by atoms with Crippen molar-refractivity contribution in [2.45, 2.75) is 6.18 Å². The van der Waals surface area contributed by atoms with E-state index in [1.807, 2.05) is 0 Å². The molecule has 1 aromatic rings. The van der Waals surface area contributed by atoms with E-state index in [9.17, 15) is 13.2 Å². The van der Waals surface area contributed by atoms with E-state index in [0.717, 1.165) is 18.2 Å². The van der Waals surface area contributed by atoms with Crippen LogP contribution >= 0.6 is 0 Å². The maximum atomic E-state index is 12.3. The van der Waals surface area contributed by atoms with E-state index in [1.165, 1.54) is 18.3 Å². The maximum absolute atomic E-state index is 12.3. The number of nitriles is 1. The average Bonchev–Trinajstić information content (AvgIpc) is 2.17. The topological polar surface area (TPSA) is 35.8 Å². The van der Waals surface area contributed by atoms with Crippen molar-refractivity contribution < 1.29 is 13.2 Å². The number of anilines is 1. The molecule has 0 unspecified atom stereocenters. The predicted octanol–water partition coefficient (Wildman–Crippen LogP) is 3.15. The molecular formula is C10H7F3N2. The summed E-state index contributed by atoms with van der Waals surface area (Å²) < 4.78 is 36.8. The molecule has 0 radical (unpaired) electrons. The second kappa shape index (κ2) is 4.51. The lowest BCUT2D eigenvalue weighted by molar-refractivity contribution is -0.137. The van der Waals surface area contributed by atoms with Crippen molar-refractivity contribution in [1.29, 1.82) is 5.26 Å². The zero-order valence-corrected chi connectivity index (χ0v) is 7.55. The molecule has 0 amide bonds. The molecule has 1 aromatic carbocycles. The lowest BCUT2D eigenvalue weighted by atomic mass is 10.2. The fourth-order valence-corrected chi connectivity index (χ4v) is 0.960. The first-order valence-electron chi connectivity index (χ1n) is 4.02. The van der Waals surface area contributed by atoms with E-state index >= 15 is 0 Å². The summed E-state index contributed by atoms with van der Waals surface area (Å²) in [6.07, 6.45) is -1.94. The molecule has 0 atom stereocenters. The molecule has 0 fully saturated rings. The van der Waals surface area contributed by atoms with Crippen molar-refractivity contribution in [2.24, 2.45) is 0 Å². The van der Waals surface area contributed by atoms with Gasteiger partial charge in [0.05, 0.1) is 11.6 Å². The highest BCUT2D eigenvalue weighted by molar-refractivity contribution is 5.48. The van der Waals surface area contributed by atoms with Gasteiger partial charge in [0.15, 0.2) is 0 Å². The number of benzene rings is 1. The van der Waals surface area contributed by atoms with Crippen LogP contribution in [0.4, 0.5) is 18.9 Å². The van der Waals surface area contributed by atoms with Crippen molar-refractivity contribution in [3.63, 3.8) is 0 Å². The largest absolute Gasteiger partial charge is 0.416 e. The summed E-state index contributed by atoms with van der Waals surface area (Å²) in [6.45, 7) is 0. The standard InChI is InChI=1S/C10H7F3N2/c11-10(12,13)8-3-1-4-9(7-8)15-6-2-5-14/h1-4,6-7,15H/b6-2+. The molecule has 0 bridgehead atoms. The summed E-state index contributed by atoms with van der Waals surface area (Å²) >= 11 is 0. The summed E-state index contributed by atoms with van der Waals surface area (Å²) in [4.78, 5) is 0. The highest BCUT2D eigenvalue weighted by Gasteiger charge is 2.30. The second-order valence-electron chi connectivity index (χ2n) is 2.69. The Morgan fingerprint density at radius 2 is 2.07 bits per heavy atom. The molecule has 2 nitrogen and oxygen atoms in total. The fourth-order valence-electron chi connectivity index (χ4n) is 0.960. The third-order valence-corrected chi connectivity index (χ3v) is 1.60. The normalized spacial score (nSPS) is 11.3. The van der Waals surface area contributed by atoms with Crippen LogP contribution in [0.3, 0.4) is 0 Å². The molecule has 0 aliphatic heterocycles. The highest BCUT2D eigenvalue weighted by atomic mass is 19.4. The number of halogens is 3. The number of alkyl halides is 3. The second-order valence-corrected chi connectivity index (χ2v) is 2.69. The Labute approximate surface area is 84.6 Å². The zero-order chi connectivity index (χ0) is 11.3. The van der Waals surface area contributed by atoms with Crippen LogP contribution in [0.15, 0.2) is 36.5 Å². The van der Waals surface area contributed by atoms with Crippen LogP contribution in [0.25, 0.3) is 0 Å². The molecule has 0 aliphatic rings. The molecule has 5 heteroatoms. The summed E-state index contributed by atoms with van der Waals surface area (Å²) in [7, 11) is 0. The van der Waals surface area contributed by atoms with Crippen molar-refractivity contribution in [2.75, 3.05) is 5.32 Å². The Bertz CT molecular complexity index is 402. The van der Waals surface area contributed by atoms with Gasteiger partial charge < -0.3 is 5.32 Å². The van der Waals surface area contributed by atoms with Crippen LogP contribution in [0, 0.1) is 11.3 Å². The number of nitrogens with zero attached hydrogens (tertiary/aromatic N) is 1. The average molecular weight is 212 g/mol. The molecular weight excluding hydrogens is 205 g/mol. The molecule has 1 rings (SSSR count). The number of nitrogens with one attached hydrogen (secondary N) is 1. The maximum Gasteiger partial charge on any atom is 0.416 e. The van der Waals surface area contributed by atoms with Gasteiger partial charge in [-0.05, 0) is 18.2 Å². The Kier molecular flexibility index (Phi) is 3.34. The minimum Gasteiger partial charge on any atom is -0.361 e. The van der Waals surface area contributed by atoms with Gasteiger partial charge in [0.1, 0.15) is 0 Å². The Morgan fingerprint density at radius 1 is 1.33 bits per heavy atom. The van der Waals surface area contributed by atoms with E-state index in [1.54, 1.807) is 6.07 Å². The molecule has 0 heterocycles. The predicted molar refractivity (Wildman–Crippen MR) is 49.8 cm³/mol. The summed E-state index contributed by atoms with van der Waals surface area (Å²) in [5, 5.41) is 10.7. The van der Waals surface area contributed by atoms with E-state index in [-0.39, 0.29) is 5.69 Å². The van der Waals surface area contributed by atoms with Crippen molar-refractivity contribution in [3.05, 3.63) is 42.1 Å². The Hall–Kier alpha value is -1.96. The third-order valence-electron chi connectivity index (χ3n) is 1.60. The quantitative estimate of drug-likeness (QED) is 0.764. The summed E-state index contributed by atoms with van der Waals surface area (Å²) in [6, 6.07) is 6.46. The zero-order valence-electron chi connectivity index (χ0n) is 7.55. The SMILES string of the molecule is N#C/C=C/Nc1cccc(C(F)(F)F)c1. The van der Waals surface area contributed by atoms with Gasteiger partial charge in [0.2, 0.25) is 0 Å². The van der Waals surface area contributed by atoms with E-state index in [2.05, 4.69) is 5.32 Å². The number of hydrogen-bond donors (Lipinski definition) is 1. The first-order chi connectivity index (χ1) is 7.04. The molecule has 0 saturated carbocycles. The van der Waals surface area contributed by atoms with Gasteiger partial charge in [0.25, 0.3) is 0 Å². The summed E-state index contributed by atoms with van der Waals surface area (Å²) in [5.41, 5.74) is -0.436. The molecule has 0 aliphatic carbocycles. The number of rotatable bonds is 2. The molecule has 0 spiro atoms. The van der Waals surface area contributed by atoms with Crippen LogP contribution in [0.1, 0.15) is 5.56 Å². The Morgan fingerprint density at radius 3 is 2.67 bits per heavy atom. The molecule has 0 aromatic heterocycles. The fraction of sp³-hybridized carbons (Fsp3) is 0.100. The Balaban J connectivity index is 2.85. The van der Waals surface area contributed by atoms with Crippen molar-refractivity contribution in [3.8, 4) is 6.07 Å². The van der Waals surface area contributed by atoms with Gasteiger partial charge in [0, 0.05) is 18.0 Å². The van der Waals surface area contributed by atoms with Gasteiger partial charge >= 0.3 is 6.18 Å². The molecule has 1 N–H and O–H groups in total. The minimum absolute atomic E-state index is 0.288. The van der Waals surface area contributed by atoms with Crippen LogP contribution in [-0.4, -0.2) is 0 Å². The van der Waals surface area contributed by atoms with Crippen LogP contribution < -0.4 is 5.32 Å². The molecule has 78 valence electrons. The van der Waals surface area contributed by atoms with Crippen LogP contribution in [0.2, 0.25) is 0 Å². The molecule has 0 saturated heterocycles. The number of allylic oxidation sites excluding steroid dienone is 1. The lowest BCUT2D eigenvalue weighted by Gasteiger charge is -2.08. The van der Waals surface area contributed by atoms with Crippen LogP contribution in [-0.2, 0) is 6.18 Å². The highest BCUT2D eigenvalue weighted by Crippen LogP contribution is 2.30. The van der Waals surface area contributed by atoms with Crippen LogP contribution in [0.5, 0.6) is 0 Å². The molecule has 15 heavy (non-hydrogen) atoms.